The van der Waals surface area contributed by atoms with Crippen LogP contribution in [0.15, 0.2) is 0 Å². The Morgan fingerprint density at radius 1 is 1.10 bits per heavy atom. The van der Waals surface area contributed by atoms with Crippen LogP contribution < -0.4 is 5.73 Å². The highest BCUT2D eigenvalue weighted by atomic mass is 16.8. The topological polar surface area (TPSA) is 109 Å². The highest BCUT2D eigenvalue weighted by molar-refractivity contribution is 5.81. The van der Waals surface area contributed by atoms with Gasteiger partial charge in [0, 0.05) is 0 Å². The lowest BCUT2D eigenvalue weighted by Gasteiger charge is -2.33. The second-order valence-corrected chi connectivity index (χ2v) is 6.59. The number of ether oxygens (including phenoxy) is 5. The Kier molecular flexibility index (Phi) is 3.15. The third-order valence-electron chi connectivity index (χ3n) is 4.02. The largest absolute Gasteiger partial charge is 0.480 e. The minimum absolute atomic E-state index is 0.201. The van der Waals surface area contributed by atoms with Gasteiger partial charge in [0.1, 0.15) is 18.3 Å². The predicted molar refractivity (Wildman–Crippen MR) is 68.2 cm³/mol. The highest BCUT2D eigenvalue weighted by Gasteiger charge is 2.68. The number of carboxylic acid groups (broad SMARTS) is 1. The molecule has 0 radical (unpaired) electrons. The van der Waals surface area contributed by atoms with E-state index in [1.165, 1.54) is 0 Å². The molecule has 0 aromatic heterocycles. The van der Waals surface area contributed by atoms with Crippen molar-refractivity contribution in [3.05, 3.63) is 0 Å². The van der Waals surface area contributed by atoms with E-state index in [1.54, 1.807) is 27.7 Å². The maximum atomic E-state index is 11.8. The van der Waals surface area contributed by atoms with Gasteiger partial charge < -0.3 is 34.5 Å². The molecule has 8 nitrogen and oxygen atoms in total. The van der Waals surface area contributed by atoms with E-state index in [-0.39, 0.29) is 6.61 Å². The van der Waals surface area contributed by atoms with Crippen LogP contribution in [0.1, 0.15) is 27.7 Å². The fraction of sp³-hybridized carbons (Fsp3) is 0.923. The zero-order valence-corrected chi connectivity index (χ0v) is 12.5. The fourth-order valence-corrected chi connectivity index (χ4v) is 3.07. The Hall–Kier alpha value is -0.770. The molecule has 8 heteroatoms. The first-order chi connectivity index (χ1) is 9.55. The SMILES string of the molecule is CC1(C)OC[C@@H]([C@H]2O[C@@H]3OC(C)(C)O[C@@H]3[C@@]2(N)C(=O)O)O1. The third-order valence-corrected chi connectivity index (χ3v) is 4.02. The molecule has 3 saturated heterocycles. The van der Waals surface area contributed by atoms with Crippen LogP contribution in [0.4, 0.5) is 0 Å². The molecule has 0 saturated carbocycles. The summed E-state index contributed by atoms with van der Waals surface area (Å²) < 4.78 is 28.1. The van der Waals surface area contributed by atoms with E-state index in [1.807, 2.05) is 0 Å². The summed E-state index contributed by atoms with van der Waals surface area (Å²) >= 11 is 0. The smallest absolute Gasteiger partial charge is 0.329 e. The van der Waals surface area contributed by atoms with Gasteiger partial charge in [-0.05, 0) is 27.7 Å². The van der Waals surface area contributed by atoms with Gasteiger partial charge in [-0.15, -0.1) is 0 Å². The highest BCUT2D eigenvalue weighted by Crippen LogP contribution is 2.44. The average Bonchev–Trinajstić information content (AvgIpc) is 2.91. The molecule has 0 bridgehead atoms. The van der Waals surface area contributed by atoms with Crippen LogP contribution in [0.5, 0.6) is 0 Å². The minimum atomic E-state index is -1.76. The number of fused-ring (bicyclic) bond motifs is 1. The summed E-state index contributed by atoms with van der Waals surface area (Å²) in [5, 5.41) is 9.61. The molecule has 3 heterocycles. The number of rotatable bonds is 2. The van der Waals surface area contributed by atoms with E-state index in [9.17, 15) is 9.90 Å². The molecule has 3 rings (SSSR count). The summed E-state index contributed by atoms with van der Waals surface area (Å²) in [4.78, 5) is 11.8. The maximum absolute atomic E-state index is 11.8. The standard InChI is InChI=1S/C13H21NO7/c1-11(2)17-5-6(19-11)7-13(14,10(15)16)8-9(18-7)21-12(3,4)20-8/h6-9H,5,14H2,1-4H3,(H,15,16)/t6-,7+,8-,9+,13+/m0/s1. The van der Waals surface area contributed by atoms with Crippen molar-refractivity contribution < 1.29 is 33.6 Å². The van der Waals surface area contributed by atoms with E-state index in [4.69, 9.17) is 29.4 Å². The lowest BCUT2D eigenvalue weighted by molar-refractivity contribution is -0.230. The summed E-state index contributed by atoms with van der Waals surface area (Å²) in [5.41, 5.74) is 4.40. The van der Waals surface area contributed by atoms with Crippen molar-refractivity contribution in [2.45, 2.75) is 69.4 Å². The molecule has 0 amide bonds. The summed E-state index contributed by atoms with van der Waals surface area (Å²) in [5.74, 6) is -2.95. The Morgan fingerprint density at radius 2 is 1.76 bits per heavy atom. The zero-order chi connectivity index (χ0) is 15.6. The Labute approximate surface area is 122 Å². The van der Waals surface area contributed by atoms with Gasteiger partial charge in [0.2, 0.25) is 0 Å². The van der Waals surface area contributed by atoms with E-state index in [0.717, 1.165) is 0 Å². The minimum Gasteiger partial charge on any atom is -0.480 e. The van der Waals surface area contributed by atoms with Crippen molar-refractivity contribution in [3.8, 4) is 0 Å². The number of hydrogen-bond acceptors (Lipinski definition) is 7. The lowest BCUT2D eigenvalue weighted by Crippen LogP contribution is -2.65. The summed E-state index contributed by atoms with van der Waals surface area (Å²) in [6.45, 7) is 7.07. The normalized spacial score (nSPS) is 47.5. The quantitative estimate of drug-likeness (QED) is 0.721. The van der Waals surface area contributed by atoms with Gasteiger partial charge in [0.05, 0.1) is 6.61 Å². The second-order valence-electron chi connectivity index (χ2n) is 6.59. The summed E-state index contributed by atoms with van der Waals surface area (Å²) in [6, 6.07) is 0. The number of aliphatic carboxylic acids is 1. The van der Waals surface area contributed by atoms with Crippen LogP contribution in [-0.2, 0) is 28.5 Å². The summed E-state index contributed by atoms with van der Waals surface area (Å²) in [6.07, 6.45) is -3.24. The monoisotopic (exact) mass is 303 g/mol. The number of carbonyl (C=O) groups is 1. The molecule has 0 aliphatic carbocycles. The fourth-order valence-electron chi connectivity index (χ4n) is 3.07. The molecular formula is C13H21NO7. The first-order valence-corrected chi connectivity index (χ1v) is 6.90. The third kappa shape index (κ3) is 2.26. The van der Waals surface area contributed by atoms with Gasteiger partial charge in [0.25, 0.3) is 0 Å². The molecule has 3 fully saturated rings. The first-order valence-electron chi connectivity index (χ1n) is 6.90. The van der Waals surface area contributed by atoms with Gasteiger partial charge >= 0.3 is 5.97 Å². The second kappa shape index (κ2) is 4.37. The van der Waals surface area contributed by atoms with Crippen molar-refractivity contribution in [1.29, 1.82) is 0 Å². The van der Waals surface area contributed by atoms with Crippen LogP contribution in [-0.4, -0.2) is 59.4 Å². The van der Waals surface area contributed by atoms with E-state index in [0.29, 0.717) is 0 Å². The number of carboxylic acids is 1. The molecule has 5 atom stereocenters. The molecule has 0 aromatic carbocycles. The predicted octanol–water partition coefficient (Wildman–Crippen LogP) is -0.204. The van der Waals surface area contributed by atoms with Crippen LogP contribution >= 0.6 is 0 Å². The van der Waals surface area contributed by atoms with Gasteiger partial charge in [-0.25, -0.2) is 0 Å². The zero-order valence-electron chi connectivity index (χ0n) is 12.5. The van der Waals surface area contributed by atoms with Crippen LogP contribution in [0, 0.1) is 0 Å². The first kappa shape index (κ1) is 15.1. The van der Waals surface area contributed by atoms with Crippen LogP contribution in [0.2, 0.25) is 0 Å². The molecule has 3 N–H and O–H groups in total. The van der Waals surface area contributed by atoms with E-state index in [2.05, 4.69) is 0 Å². The van der Waals surface area contributed by atoms with Gasteiger partial charge in [-0.1, -0.05) is 0 Å². The van der Waals surface area contributed by atoms with Crippen molar-refractivity contribution in [2.24, 2.45) is 5.73 Å². The molecule has 3 aliphatic heterocycles. The Bertz CT molecular complexity index is 465. The number of hydrogen-bond donors (Lipinski definition) is 2. The average molecular weight is 303 g/mol. The van der Waals surface area contributed by atoms with Gasteiger partial charge in [-0.3, -0.25) is 4.79 Å². The number of nitrogens with two attached hydrogens (primary N) is 1. The molecule has 21 heavy (non-hydrogen) atoms. The molecule has 3 aliphatic rings. The van der Waals surface area contributed by atoms with Crippen molar-refractivity contribution in [2.75, 3.05) is 6.61 Å². The molecule has 0 unspecified atom stereocenters. The van der Waals surface area contributed by atoms with Crippen LogP contribution in [0.3, 0.4) is 0 Å². The Balaban J connectivity index is 1.88. The van der Waals surface area contributed by atoms with Crippen LogP contribution in [0.25, 0.3) is 0 Å². The van der Waals surface area contributed by atoms with Crippen molar-refractivity contribution in [1.82, 2.24) is 0 Å². The molecular weight excluding hydrogens is 282 g/mol. The van der Waals surface area contributed by atoms with Gasteiger partial charge in [-0.2, -0.15) is 0 Å². The molecule has 0 spiro atoms. The molecule has 0 aromatic rings. The Morgan fingerprint density at radius 3 is 2.29 bits per heavy atom. The van der Waals surface area contributed by atoms with Gasteiger partial charge in [0.15, 0.2) is 23.4 Å². The van der Waals surface area contributed by atoms with E-state index < -0.39 is 47.7 Å². The maximum Gasteiger partial charge on any atom is 0.329 e. The van der Waals surface area contributed by atoms with Crippen molar-refractivity contribution >= 4 is 5.97 Å². The lowest BCUT2D eigenvalue weighted by atomic mass is 9.86. The van der Waals surface area contributed by atoms with Crippen molar-refractivity contribution in [3.63, 3.8) is 0 Å². The molecule has 120 valence electrons. The van der Waals surface area contributed by atoms with E-state index >= 15 is 0 Å². The summed E-state index contributed by atoms with van der Waals surface area (Å²) in [7, 11) is 0.